The maximum Gasteiger partial charge on any atom is 0.246 e. The summed E-state index contributed by atoms with van der Waals surface area (Å²) in [6, 6.07) is 6.29. The topological polar surface area (TPSA) is 41.4 Å². The van der Waals surface area contributed by atoms with Gasteiger partial charge in [0, 0.05) is 30.8 Å². The zero-order valence-corrected chi connectivity index (χ0v) is 17.4. The highest BCUT2D eigenvalue weighted by atomic mass is 35.5. The first-order valence-electron chi connectivity index (χ1n) is 10.2. The molecule has 154 valence electrons. The first kappa shape index (κ1) is 20.1. The number of aryl methyl sites for hydroxylation is 1. The van der Waals surface area contributed by atoms with Crippen molar-refractivity contribution in [2.45, 2.75) is 38.6 Å². The van der Waals surface area contributed by atoms with Crippen molar-refractivity contribution in [3.63, 3.8) is 0 Å². The molecule has 0 saturated carbocycles. The normalized spacial score (nSPS) is 20.2. The molecule has 29 heavy (non-hydrogen) atoms. The van der Waals surface area contributed by atoms with E-state index in [4.69, 9.17) is 11.6 Å². The van der Waals surface area contributed by atoms with Crippen molar-refractivity contribution in [2.75, 3.05) is 26.2 Å². The van der Waals surface area contributed by atoms with Crippen LogP contribution in [0.4, 0.5) is 4.39 Å². The Labute approximate surface area is 175 Å². The van der Waals surface area contributed by atoms with Gasteiger partial charge in [0.2, 0.25) is 5.91 Å². The van der Waals surface area contributed by atoms with E-state index in [-0.39, 0.29) is 11.7 Å². The predicted molar refractivity (Wildman–Crippen MR) is 113 cm³/mol. The van der Waals surface area contributed by atoms with Crippen LogP contribution >= 0.6 is 11.6 Å². The number of hydrogen-bond acceptors (Lipinski definition) is 3. The van der Waals surface area contributed by atoms with Gasteiger partial charge in [0.15, 0.2) is 0 Å². The van der Waals surface area contributed by atoms with Gasteiger partial charge >= 0.3 is 0 Å². The van der Waals surface area contributed by atoms with Crippen LogP contribution in [0, 0.1) is 12.7 Å². The number of halogens is 2. The van der Waals surface area contributed by atoms with Gasteiger partial charge in [0.1, 0.15) is 11.0 Å². The van der Waals surface area contributed by atoms with Gasteiger partial charge < -0.3 is 9.80 Å². The van der Waals surface area contributed by atoms with Gasteiger partial charge in [-0.1, -0.05) is 11.6 Å². The Balaban J connectivity index is 1.48. The highest BCUT2D eigenvalue weighted by molar-refractivity contribution is 6.31. The van der Waals surface area contributed by atoms with Gasteiger partial charge in [0.05, 0.1) is 11.4 Å². The quantitative estimate of drug-likeness (QED) is 0.690. The highest BCUT2D eigenvalue weighted by Gasteiger charge is 2.29. The lowest BCUT2D eigenvalue weighted by Gasteiger charge is -2.27. The molecule has 1 amide bonds. The molecule has 5 nitrogen and oxygen atoms in total. The summed E-state index contributed by atoms with van der Waals surface area (Å²) in [5.41, 5.74) is 2.11. The molecule has 2 fully saturated rings. The van der Waals surface area contributed by atoms with Crippen LogP contribution in [-0.2, 0) is 4.79 Å². The molecular weight excluding hydrogens is 391 g/mol. The van der Waals surface area contributed by atoms with E-state index in [0.29, 0.717) is 22.4 Å². The van der Waals surface area contributed by atoms with Gasteiger partial charge in [-0.25, -0.2) is 9.07 Å². The zero-order valence-electron chi connectivity index (χ0n) is 16.7. The van der Waals surface area contributed by atoms with E-state index in [1.54, 1.807) is 29.0 Å². The van der Waals surface area contributed by atoms with Crippen LogP contribution in [0.2, 0.25) is 5.15 Å². The minimum atomic E-state index is -0.312. The molecule has 2 aromatic rings. The van der Waals surface area contributed by atoms with E-state index in [0.717, 1.165) is 44.7 Å². The lowest BCUT2D eigenvalue weighted by molar-refractivity contribution is -0.127. The van der Waals surface area contributed by atoms with Gasteiger partial charge in [-0.3, -0.25) is 4.79 Å². The van der Waals surface area contributed by atoms with E-state index in [9.17, 15) is 9.18 Å². The molecule has 2 aliphatic rings. The molecule has 3 heterocycles. The Morgan fingerprint density at radius 1 is 1.21 bits per heavy atom. The van der Waals surface area contributed by atoms with Gasteiger partial charge in [0.25, 0.3) is 0 Å². The molecule has 0 aliphatic carbocycles. The Morgan fingerprint density at radius 2 is 1.93 bits per heavy atom. The van der Waals surface area contributed by atoms with Crippen LogP contribution in [0.3, 0.4) is 0 Å². The van der Waals surface area contributed by atoms with Crippen LogP contribution in [0.1, 0.15) is 36.9 Å². The molecule has 1 aromatic carbocycles. The smallest absolute Gasteiger partial charge is 0.246 e. The number of benzene rings is 1. The number of carbonyl (C=O) groups excluding carboxylic acids is 1. The zero-order chi connectivity index (χ0) is 20.4. The third-order valence-electron chi connectivity index (χ3n) is 5.84. The third kappa shape index (κ3) is 4.38. The fourth-order valence-electron chi connectivity index (χ4n) is 4.28. The monoisotopic (exact) mass is 416 g/mol. The Morgan fingerprint density at radius 3 is 2.66 bits per heavy atom. The minimum Gasteiger partial charge on any atom is -0.335 e. The number of hydrogen-bond donors (Lipinski definition) is 0. The second-order valence-electron chi connectivity index (χ2n) is 7.85. The fraction of sp³-hybridized carbons (Fsp3) is 0.455. The van der Waals surface area contributed by atoms with E-state index < -0.39 is 0 Å². The maximum atomic E-state index is 13.2. The first-order chi connectivity index (χ1) is 14.0. The van der Waals surface area contributed by atoms with Crippen LogP contribution < -0.4 is 0 Å². The molecule has 1 aromatic heterocycles. The van der Waals surface area contributed by atoms with E-state index in [1.165, 1.54) is 25.0 Å². The molecule has 0 bridgehead atoms. The fourth-order valence-corrected chi connectivity index (χ4v) is 4.62. The second kappa shape index (κ2) is 8.67. The largest absolute Gasteiger partial charge is 0.335 e. The van der Waals surface area contributed by atoms with E-state index in [1.807, 2.05) is 11.8 Å². The average Bonchev–Trinajstić information content (AvgIpc) is 3.44. The summed E-state index contributed by atoms with van der Waals surface area (Å²) in [6.45, 7) is 5.92. The minimum absolute atomic E-state index is 0.0247. The van der Waals surface area contributed by atoms with Crippen molar-refractivity contribution >= 4 is 23.6 Å². The van der Waals surface area contributed by atoms with Crippen LogP contribution in [-0.4, -0.2) is 57.7 Å². The first-order valence-corrected chi connectivity index (χ1v) is 10.6. The molecule has 7 heteroatoms. The molecule has 0 radical (unpaired) electrons. The summed E-state index contributed by atoms with van der Waals surface area (Å²) in [4.78, 5) is 17.3. The van der Waals surface area contributed by atoms with Crippen molar-refractivity contribution in [3.05, 3.63) is 52.6 Å². The third-order valence-corrected chi connectivity index (χ3v) is 6.20. The summed E-state index contributed by atoms with van der Waals surface area (Å²) in [5.74, 6) is -0.287. The second-order valence-corrected chi connectivity index (χ2v) is 8.20. The molecule has 2 aliphatic heterocycles. The molecule has 0 spiro atoms. The summed E-state index contributed by atoms with van der Waals surface area (Å²) < 4.78 is 14.7. The average molecular weight is 417 g/mol. The number of rotatable bonds is 5. The Bertz CT molecular complexity index is 902. The Hall–Kier alpha value is -2.18. The van der Waals surface area contributed by atoms with Crippen molar-refractivity contribution in [1.82, 2.24) is 19.6 Å². The number of amides is 1. The maximum absolute atomic E-state index is 13.2. The SMILES string of the molecule is Cc1nn(-c2ccc(F)cc2)c(Cl)c1/C=C/C(=O)N1CCCC1CN1CCCC1. The molecular formula is C22H26ClFN4O. The lowest BCUT2D eigenvalue weighted by Crippen LogP contribution is -2.41. The molecule has 0 N–H and O–H groups in total. The highest BCUT2D eigenvalue weighted by Crippen LogP contribution is 2.26. The van der Waals surface area contributed by atoms with Gasteiger partial charge in [-0.15, -0.1) is 0 Å². The van der Waals surface area contributed by atoms with Crippen molar-refractivity contribution in [1.29, 1.82) is 0 Å². The summed E-state index contributed by atoms with van der Waals surface area (Å²) in [7, 11) is 0. The van der Waals surface area contributed by atoms with Crippen LogP contribution in [0.15, 0.2) is 30.3 Å². The van der Waals surface area contributed by atoms with Crippen molar-refractivity contribution in [2.24, 2.45) is 0 Å². The van der Waals surface area contributed by atoms with E-state index in [2.05, 4.69) is 10.00 Å². The van der Waals surface area contributed by atoms with Gasteiger partial charge in [-0.2, -0.15) is 5.10 Å². The predicted octanol–water partition coefficient (Wildman–Crippen LogP) is 4.07. The molecule has 2 saturated heterocycles. The van der Waals surface area contributed by atoms with Crippen molar-refractivity contribution < 1.29 is 9.18 Å². The molecule has 4 rings (SSSR count). The Kier molecular flexibility index (Phi) is 6.01. The van der Waals surface area contributed by atoms with Crippen LogP contribution in [0.5, 0.6) is 0 Å². The number of nitrogens with zero attached hydrogens (tertiary/aromatic N) is 4. The summed E-state index contributed by atoms with van der Waals surface area (Å²) >= 11 is 6.51. The van der Waals surface area contributed by atoms with Crippen molar-refractivity contribution in [3.8, 4) is 5.69 Å². The van der Waals surface area contributed by atoms with Gasteiger partial charge in [-0.05, 0) is 76.0 Å². The lowest BCUT2D eigenvalue weighted by atomic mass is 10.2. The number of carbonyl (C=O) groups is 1. The van der Waals surface area contributed by atoms with Crippen LogP contribution in [0.25, 0.3) is 11.8 Å². The number of likely N-dealkylation sites (tertiary alicyclic amines) is 2. The summed E-state index contributed by atoms with van der Waals surface area (Å²) in [6.07, 6.45) is 8.00. The number of aromatic nitrogens is 2. The summed E-state index contributed by atoms with van der Waals surface area (Å²) in [5, 5.41) is 4.86. The molecule has 1 atom stereocenters. The molecule has 1 unspecified atom stereocenters. The van der Waals surface area contributed by atoms with E-state index >= 15 is 0 Å². The standard InChI is InChI=1S/C22H26ClFN4O/c1-16-20(22(23)28(25-16)18-8-6-17(24)7-9-18)10-11-21(29)27-14-4-5-19(27)15-26-12-2-3-13-26/h6-11,19H,2-5,12-15H2,1H3/b11-10+.